The number of aliphatic hydroxyl groups excluding tert-OH is 2. The Hall–Kier alpha value is -0.160. The predicted molar refractivity (Wildman–Crippen MR) is 133 cm³/mol. The van der Waals surface area contributed by atoms with Crippen molar-refractivity contribution >= 4 is 0 Å². The van der Waals surface area contributed by atoms with E-state index in [1.54, 1.807) is 0 Å². The molecule has 10 atom stereocenters. The van der Waals surface area contributed by atoms with Crippen molar-refractivity contribution < 1.29 is 10.2 Å². The Kier molecular flexibility index (Phi) is 6.16. The Morgan fingerprint density at radius 3 is 1.97 bits per heavy atom. The molecule has 2 unspecified atom stereocenters. The molecule has 6 fully saturated rings. The van der Waals surface area contributed by atoms with Crippen LogP contribution in [0.2, 0.25) is 0 Å². The molecule has 0 spiro atoms. The third-order valence-electron chi connectivity index (χ3n) is 12.4. The van der Waals surface area contributed by atoms with Crippen LogP contribution in [-0.4, -0.2) is 70.5 Å². The van der Waals surface area contributed by atoms with Crippen LogP contribution in [0.25, 0.3) is 0 Å². The number of aliphatic hydroxyl groups is 2. The molecule has 4 nitrogen and oxygen atoms in total. The van der Waals surface area contributed by atoms with Gasteiger partial charge in [-0.1, -0.05) is 26.7 Å². The van der Waals surface area contributed by atoms with Gasteiger partial charge in [0.15, 0.2) is 0 Å². The third kappa shape index (κ3) is 3.67. The van der Waals surface area contributed by atoms with E-state index in [9.17, 15) is 10.2 Å². The van der Waals surface area contributed by atoms with Gasteiger partial charge < -0.3 is 10.2 Å². The molecule has 4 aliphatic carbocycles. The molecule has 6 aliphatic rings. The molecule has 2 heterocycles. The monoisotopic (exact) mass is 458 g/mol. The van der Waals surface area contributed by atoms with Gasteiger partial charge >= 0.3 is 0 Å². The van der Waals surface area contributed by atoms with Crippen LogP contribution in [0.3, 0.4) is 0 Å². The van der Waals surface area contributed by atoms with Crippen molar-refractivity contribution in [3.05, 3.63) is 0 Å². The lowest BCUT2D eigenvalue weighted by Gasteiger charge is -2.62. The van der Waals surface area contributed by atoms with E-state index < -0.39 is 0 Å². The van der Waals surface area contributed by atoms with Crippen molar-refractivity contribution in [3.63, 3.8) is 0 Å². The Labute approximate surface area is 202 Å². The van der Waals surface area contributed by atoms with Gasteiger partial charge in [0.2, 0.25) is 0 Å². The molecular formula is C29H50N2O2. The van der Waals surface area contributed by atoms with Gasteiger partial charge in [-0.2, -0.15) is 0 Å². The molecule has 0 aromatic rings. The molecule has 0 aromatic heterocycles. The Morgan fingerprint density at radius 2 is 1.30 bits per heavy atom. The summed E-state index contributed by atoms with van der Waals surface area (Å²) >= 11 is 0. The van der Waals surface area contributed by atoms with Gasteiger partial charge in [-0.3, -0.25) is 9.80 Å². The first-order valence-corrected chi connectivity index (χ1v) is 14.8. The molecule has 0 amide bonds. The summed E-state index contributed by atoms with van der Waals surface area (Å²) in [5.74, 6) is 2.97. The summed E-state index contributed by atoms with van der Waals surface area (Å²) in [7, 11) is 0. The van der Waals surface area contributed by atoms with Crippen molar-refractivity contribution in [2.75, 3.05) is 26.2 Å². The van der Waals surface area contributed by atoms with Crippen molar-refractivity contribution in [3.8, 4) is 0 Å². The van der Waals surface area contributed by atoms with Gasteiger partial charge in [-0.15, -0.1) is 0 Å². The lowest BCUT2D eigenvalue weighted by molar-refractivity contribution is -0.154. The molecule has 4 saturated carbocycles. The second-order valence-corrected chi connectivity index (χ2v) is 13.7. The van der Waals surface area contributed by atoms with Crippen LogP contribution < -0.4 is 0 Å². The fourth-order valence-corrected chi connectivity index (χ4v) is 10.5. The van der Waals surface area contributed by atoms with Crippen LogP contribution in [0.5, 0.6) is 0 Å². The van der Waals surface area contributed by atoms with Gasteiger partial charge in [0.1, 0.15) is 0 Å². The number of hydrogen-bond donors (Lipinski definition) is 2. The Bertz CT molecular complexity index is 704. The fourth-order valence-electron chi connectivity index (χ4n) is 10.5. The third-order valence-corrected chi connectivity index (χ3v) is 12.4. The second kappa shape index (κ2) is 8.75. The number of piperidine rings is 2. The van der Waals surface area contributed by atoms with E-state index in [1.165, 1.54) is 103 Å². The van der Waals surface area contributed by atoms with Crippen molar-refractivity contribution in [2.24, 2.45) is 34.5 Å². The summed E-state index contributed by atoms with van der Waals surface area (Å²) < 4.78 is 0. The first-order valence-electron chi connectivity index (χ1n) is 14.8. The summed E-state index contributed by atoms with van der Waals surface area (Å²) in [4.78, 5) is 5.33. The van der Waals surface area contributed by atoms with Crippen LogP contribution in [0.1, 0.15) is 97.3 Å². The molecule has 188 valence electrons. The summed E-state index contributed by atoms with van der Waals surface area (Å²) in [6.07, 6.45) is 16.4. The topological polar surface area (TPSA) is 46.9 Å². The molecular weight excluding hydrogens is 408 g/mol. The van der Waals surface area contributed by atoms with E-state index in [-0.39, 0.29) is 17.6 Å². The number of hydrogen-bond acceptors (Lipinski definition) is 4. The van der Waals surface area contributed by atoms with Gasteiger partial charge in [-0.25, -0.2) is 0 Å². The Balaban J connectivity index is 1.24. The SMILES string of the molecule is CC12C[C@H](N3CCCCC3)[C@@H](O)C[C@@H]1CC[C@@H]1[C@@H]2CCC2(C)[C@@H](O)[C@@H](N3CCCCC3)C[C@@H]12. The summed E-state index contributed by atoms with van der Waals surface area (Å²) in [6, 6.07) is 0.785. The van der Waals surface area contributed by atoms with Crippen molar-refractivity contribution in [1.82, 2.24) is 9.80 Å². The number of likely N-dealkylation sites (tertiary alicyclic amines) is 2. The van der Waals surface area contributed by atoms with Gasteiger partial charge in [-0.05, 0) is 131 Å². The quantitative estimate of drug-likeness (QED) is 0.631. The van der Waals surface area contributed by atoms with Crippen molar-refractivity contribution in [2.45, 2.75) is 122 Å². The molecule has 33 heavy (non-hydrogen) atoms. The number of rotatable bonds is 2. The average Bonchev–Trinajstić information content (AvgIpc) is 3.11. The minimum Gasteiger partial charge on any atom is -0.391 e. The fraction of sp³-hybridized carbons (Fsp3) is 1.00. The summed E-state index contributed by atoms with van der Waals surface area (Å²) in [5, 5.41) is 22.8. The van der Waals surface area contributed by atoms with Crippen molar-refractivity contribution in [1.29, 1.82) is 0 Å². The van der Waals surface area contributed by atoms with E-state index in [1.807, 2.05) is 0 Å². The van der Waals surface area contributed by atoms with E-state index in [0.717, 1.165) is 18.3 Å². The molecule has 0 aromatic carbocycles. The lowest BCUT2D eigenvalue weighted by Crippen LogP contribution is -2.60. The lowest BCUT2D eigenvalue weighted by atomic mass is 9.44. The first kappa shape index (κ1) is 23.3. The summed E-state index contributed by atoms with van der Waals surface area (Å²) in [6.45, 7) is 9.88. The molecule has 0 bridgehead atoms. The highest BCUT2D eigenvalue weighted by Crippen LogP contribution is 2.66. The molecule has 2 saturated heterocycles. The molecule has 2 aliphatic heterocycles. The van der Waals surface area contributed by atoms with E-state index in [2.05, 4.69) is 23.6 Å². The van der Waals surface area contributed by atoms with Crippen LogP contribution in [0.4, 0.5) is 0 Å². The highest BCUT2D eigenvalue weighted by molar-refractivity contribution is 5.14. The van der Waals surface area contributed by atoms with Gasteiger partial charge in [0, 0.05) is 12.1 Å². The predicted octanol–water partition coefficient (Wildman–Crippen LogP) is 4.68. The van der Waals surface area contributed by atoms with E-state index >= 15 is 0 Å². The van der Waals surface area contributed by atoms with Crippen LogP contribution in [-0.2, 0) is 0 Å². The average molecular weight is 459 g/mol. The second-order valence-electron chi connectivity index (χ2n) is 13.7. The highest BCUT2D eigenvalue weighted by atomic mass is 16.3. The van der Waals surface area contributed by atoms with E-state index in [4.69, 9.17) is 0 Å². The minimum atomic E-state index is -0.138. The first-order chi connectivity index (χ1) is 15.9. The van der Waals surface area contributed by atoms with Gasteiger partial charge in [0.05, 0.1) is 12.2 Å². The number of fused-ring (bicyclic) bond motifs is 5. The summed E-state index contributed by atoms with van der Waals surface area (Å²) in [5.41, 5.74) is 0.493. The standard InChI is InChI=1S/C29H50N2O2/c1-28-12-11-22-21(23(28)18-24(27(28)33)30-13-5-3-6-14-30)10-9-20-17-26(32)25(19-29(20,22)2)31-15-7-4-8-16-31/h20-27,32-33H,3-19H2,1-2H3/t20-,21+,22-,23-,24-,25-,26-,27-,28?,29?/m0/s1. The highest BCUT2D eigenvalue weighted by Gasteiger charge is 2.63. The zero-order chi connectivity index (χ0) is 22.8. The van der Waals surface area contributed by atoms with Crippen LogP contribution in [0.15, 0.2) is 0 Å². The maximum absolute atomic E-state index is 11.6. The van der Waals surface area contributed by atoms with Gasteiger partial charge in [0.25, 0.3) is 0 Å². The number of nitrogens with zero attached hydrogens (tertiary/aromatic N) is 2. The largest absolute Gasteiger partial charge is 0.391 e. The normalized spacial score (nSPS) is 53.8. The maximum atomic E-state index is 11.6. The molecule has 6 rings (SSSR count). The van der Waals surface area contributed by atoms with Crippen LogP contribution >= 0.6 is 0 Å². The molecule has 0 radical (unpaired) electrons. The van der Waals surface area contributed by atoms with Crippen LogP contribution in [0, 0.1) is 34.5 Å². The zero-order valence-electron chi connectivity index (χ0n) is 21.4. The smallest absolute Gasteiger partial charge is 0.0751 e. The Morgan fingerprint density at radius 1 is 0.667 bits per heavy atom. The van der Waals surface area contributed by atoms with E-state index in [0.29, 0.717) is 29.3 Å². The molecule has 2 N–H and O–H groups in total. The maximum Gasteiger partial charge on any atom is 0.0751 e. The molecule has 4 heteroatoms. The zero-order valence-corrected chi connectivity index (χ0v) is 21.4. The minimum absolute atomic E-state index is 0.118.